The predicted octanol–water partition coefficient (Wildman–Crippen LogP) is 5.07. The van der Waals surface area contributed by atoms with Crippen molar-refractivity contribution in [1.29, 1.82) is 0 Å². The van der Waals surface area contributed by atoms with Crippen LogP contribution in [-0.2, 0) is 10.5 Å². The lowest BCUT2D eigenvalue weighted by Gasteiger charge is -2.38. The number of ketones is 1. The Bertz CT molecular complexity index is 1250. The molecule has 5 rings (SSSR count). The Kier molecular flexibility index (Phi) is 5.04. The molecule has 0 radical (unpaired) electrons. The first kappa shape index (κ1) is 20.8. The number of thioether (sulfide) groups is 1. The number of allylic oxidation sites excluding steroid dienone is 2. The first-order chi connectivity index (χ1) is 15.3. The summed E-state index contributed by atoms with van der Waals surface area (Å²) in [5, 5.41) is 18.6. The molecule has 32 heavy (non-hydrogen) atoms. The highest BCUT2D eigenvalue weighted by molar-refractivity contribution is 7.98. The van der Waals surface area contributed by atoms with Crippen LogP contribution in [0.4, 0.5) is 10.3 Å². The van der Waals surface area contributed by atoms with E-state index in [1.54, 1.807) is 41.1 Å². The lowest BCUT2D eigenvalue weighted by Crippen LogP contribution is -2.36. The van der Waals surface area contributed by atoms with Crippen LogP contribution in [0, 0.1) is 11.2 Å². The predicted molar refractivity (Wildman–Crippen MR) is 121 cm³/mol. The van der Waals surface area contributed by atoms with Gasteiger partial charge in [0.1, 0.15) is 17.6 Å². The van der Waals surface area contributed by atoms with Crippen LogP contribution < -0.4 is 5.32 Å². The van der Waals surface area contributed by atoms with Gasteiger partial charge in [0.25, 0.3) is 0 Å². The fraction of sp³-hybridized carbons (Fsp3) is 0.292. The number of aromatic nitrogens is 3. The van der Waals surface area contributed by atoms with Crippen molar-refractivity contribution < 1.29 is 14.3 Å². The molecule has 6 nitrogen and oxygen atoms in total. The van der Waals surface area contributed by atoms with Gasteiger partial charge in [-0.15, -0.1) is 5.10 Å². The molecule has 2 aliphatic rings. The Morgan fingerprint density at radius 1 is 1.22 bits per heavy atom. The van der Waals surface area contributed by atoms with E-state index in [9.17, 15) is 14.3 Å². The molecule has 0 saturated carbocycles. The molecule has 1 atom stereocenters. The highest BCUT2D eigenvalue weighted by Crippen LogP contribution is 2.46. The minimum absolute atomic E-state index is 0.0683. The Morgan fingerprint density at radius 3 is 2.81 bits per heavy atom. The zero-order valence-electron chi connectivity index (χ0n) is 17.8. The van der Waals surface area contributed by atoms with Gasteiger partial charge in [-0.2, -0.15) is 4.98 Å². The number of nitrogens with zero attached hydrogens (tertiary/aromatic N) is 3. The van der Waals surface area contributed by atoms with Crippen molar-refractivity contribution in [1.82, 2.24) is 14.8 Å². The van der Waals surface area contributed by atoms with Gasteiger partial charge in [-0.25, -0.2) is 9.07 Å². The topological polar surface area (TPSA) is 80.0 Å². The second-order valence-electron chi connectivity index (χ2n) is 9.00. The largest absolute Gasteiger partial charge is 0.508 e. The van der Waals surface area contributed by atoms with E-state index in [2.05, 4.69) is 29.2 Å². The van der Waals surface area contributed by atoms with Crippen LogP contribution in [0.1, 0.15) is 43.9 Å². The lowest BCUT2D eigenvalue weighted by molar-refractivity contribution is -0.118. The van der Waals surface area contributed by atoms with Gasteiger partial charge < -0.3 is 10.4 Å². The summed E-state index contributed by atoms with van der Waals surface area (Å²) in [6, 6.07) is 13.1. The van der Waals surface area contributed by atoms with E-state index < -0.39 is 6.04 Å². The molecule has 0 amide bonds. The molecular weight excluding hydrogens is 427 g/mol. The van der Waals surface area contributed by atoms with Crippen LogP contribution in [-0.4, -0.2) is 25.7 Å². The zero-order chi connectivity index (χ0) is 22.5. The molecule has 0 saturated heterocycles. The summed E-state index contributed by atoms with van der Waals surface area (Å²) in [6.07, 6.45) is 1.16. The number of halogens is 1. The molecule has 8 heteroatoms. The third kappa shape index (κ3) is 3.79. The third-order valence-electron chi connectivity index (χ3n) is 5.81. The normalized spacial score (nSPS) is 19.3. The average molecular weight is 451 g/mol. The highest BCUT2D eigenvalue weighted by Gasteiger charge is 2.41. The first-order valence-electron chi connectivity index (χ1n) is 10.5. The van der Waals surface area contributed by atoms with Crippen LogP contribution in [0.25, 0.3) is 0 Å². The molecule has 0 bridgehead atoms. The van der Waals surface area contributed by atoms with E-state index >= 15 is 0 Å². The first-order valence-corrected chi connectivity index (χ1v) is 11.4. The molecule has 0 spiro atoms. The molecule has 2 N–H and O–H groups in total. The molecule has 0 fully saturated rings. The molecule has 2 aromatic carbocycles. The van der Waals surface area contributed by atoms with Crippen molar-refractivity contribution >= 4 is 23.5 Å². The molecule has 164 valence electrons. The fourth-order valence-electron chi connectivity index (χ4n) is 4.41. The van der Waals surface area contributed by atoms with Gasteiger partial charge >= 0.3 is 0 Å². The van der Waals surface area contributed by atoms with E-state index in [0.29, 0.717) is 40.8 Å². The van der Waals surface area contributed by atoms with Gasteiger partial charge in [0.2, 0.25) is 11.1 Å². The maximum atomic E-state index is 14.0. The number of rotatable bonds is 4. The number of aromatic hydroxyl groups is 1. The smallest absolute Gasteiger partial charge is 0.227 e. The molecule has 3 aromatic rings. The summed E-state index contributed by atoms with van der Waals surface area (Å²) in [5.74, 6) is 0.871. The van der Waals surface area contributed by atoms with Crippen molar-refractivity contribution in [3.63, 3.8) is 0 Å². The van der Waals surface area contributed by atoms with E-state index in [4.69, 9.17) is 0 Å². The van der Waals surface area contributed by atoms with Crippen LogP contribution in [0.15, 0.2) is 65.0 Å². The highest BCUT2D eigenvalue weighted by atomic mass is 32.2. The summed E-state index contributed by atoms with van der Waals surface area (Å²) in [6.45, 7) is 4.16. The maximum absolute atomic E-state index is 14.0. The quantitative estimate of drug-likeness (QED) is 0.540. The summed E-state index contributed by atoms with van der Waals surface area (Å²) in [5.41, 5.74) is 2.71. The number of hydrogen-bond donors (Lipinski definition) is 2. The minimum Gasteiger partial charge on any atom is -0.508 e. The van der Waals surface area contributed by atoms with Crippen molar-refractivity contribution in [2.45, 2.75) is 43.6 Å². The van der Waals surface area contributed by atoms with Crippen molar-refractivity contribution in [2.75, 3.05) is 5.32 Å². The van der Waals surface area contributed by atoms with Crippen LogP contribution >= 0.6 is 11.8 Å². The van der Waals surface area contributed by atoms with Gasteiger partial charge in [0.15, 0.2) is 5.78 Å². The Balaban J connectivity index is 1.54. The molecular formula is C24H23FN4O2S. The van der Waals surface area contributed by atoms with Gasteiger partial charge in [0.05, 0.1) is 0 Å². The molecule has 1 aromatic heterocycles. The summed E-state index contributed by atoms with van der Waals surface area (Å²) in [7, 11) is 0. The summed E-state index contributed by atoms with van der Waals surface area (Å²) >= 11 is 1.34. The third-order valence-corrected chi connectivity index (χ3v) is 6.70. The number of carbonyl (C=O) groups is 1. The van der Waals surface area contributed by atoms with Crippen LogP contribution in [0.3, 0.4) is 0 Å². The van der Waals surface area contributed by atoms with Crippen LogP contribution in [0.2, 0.25) is 0 Å². The number of nitrogens with one attached hydrogen (secondary N) is 1. The number of phenolic OH excluding ortho intramolecular Hbond substituents is 1. The number of anilines is 1. The number of fused-ring (bicyclic) bond motifs is 1. The summed E-state index contributed by atoms with van der Waals surface area (Å²) in [4.78, 5) is 17.8. The number of Topliss-reactive ketones (excluding diaryl/α,β-unsaturated/α-hetero) is 1. The number of hydrogen-bond acceptors (Lipinski definition) is 6. The van der Waals surface area contributed by atoms with Crippen molar-refractivity contribution in [3.8, 4) is 5.75 Å². The molecule has 2 heterocycles. The van der Waals surface area contributed by atoms with E-state index in [1.807, 2.05) is 6.07 Å². The molecule has 0 unspecified atom stereocenters. The van der Waals surface area contributed by atoms with Gasteiger partial charge in [0, 0.05) is 23.4 Å². The van der Waals surface area contributed by atoms with Crippen molar-refractivity contribution in [2.24, 2.45) is 5.41 Å². The maximum Gasteiger partial charge on any atom is 0.227 e. The Hall–Kier alpha value is -3.13. The standard InChI is InChI=1S/C24H23FN4O2S/c1-24(2)11-18-20(19(31)12-24)21(14-7-5-8-16(30)10-14)29-22(26-18)27-23(28-29)32-13-15-6-3-4-9-17(15)25/h3-10,21,30H,11-13H2,1-2H3,(H,26,27,28)/t21-/m1/s1. The van der Waals surface area contributed by atoms with Gasteiger partial charge in [-0.3, -0.25) is 4.79 Å². The number of benzene rings is 2. The lowest BCUT2D eigenvalue weighted by atomic mass is 9.73. The zero-order valence-corrected chi connectivity index (χ0v) is 18.6. The fourth-order valence-corrected chi connectivity index (χ4v) is 5.23. The Morgan fingerprint density at radius 2 is 2.03 bits per heavy atom. The molecule has 1 aliphatic heterocycles. The van der Waals surface area contributed by atoms with E-state index in [-0.39, 0.29) is 22.8 Å². The van der Waals surface area contributed by atoms with Crippen LogP contribution in [0.5, 0.6) is 5.75 Å². The van der Waals surface area contributed by atoms with E-state index in [0.717, 1.165) is 11.3 Å². The average Bonchev–Trinajstić information content (AvgIpc) is 3.13. The minimum atomic E-state index is -0.479. The van der Waals surface area contributed by atoms with Crippen molar-refractivity contribution in [3.05, 3.63) is 76.7 Å². The van der Waals surface area contributed by atoms with Gasteiger partial charge in [-0.05, 0) is 41.2 Å². The number of carbonyl (C=O) groups excluding carboxylic acids is 1. The number of phenols is 1. The Labute approximate surface area is 189 Å². The summed E-state index contributed by atoms with van der Waals surface area (Å²) < 4.78 is 15.7. The van der Waals surface area contributed by atoms with E-state index in [1.165, 1.54) is 17.8 Å². The monoisotopic (exact) mass is 450 g/mol. The van der Waals surface area contributed by atoms with Gasteiger partial charge in [-0.1, -0.05) is 55.9 Å². The second kappa shape index (κ2) is 7.78. The molecule has 1 aliphatic carbocycles. The SMILES string of the molecule is CC1(C)CC(=O)C2=C(C1)Nc1nc(SCc3ccccc3F)nn1[C@@H]2c1cccc(O)c1. The second-order valence-corrected chi connectivity index (χ2v) is 9.94.